The summed E-state index contributed by atoms with van der Waals surface area (Å²) in [5.41, 5.74) is 4.88. The van der Waals surface area contributed by atoms with Crippen LogP contribution in [0.15, 0.2) is 60.8 Å². The van der Waals surface area contributed by atoms with E-state index in [1.165, 1.54) is 22.1 Å². The number of benzene rings is 2. The Bertz CT molecular complexity index is 729. The Hall–Kier alpha value is -2.19. The Kier molecular flexibility index (Phi) is 3.48. The third kappa shape index (κ3) is 2.19. The van der Waals surface area contributed by atoms with E-state index >= 15 is 0 Å². The molecule has 2 nitrogen and oxygen atoms in total. The van der Waals surface area contributed by atoms with Crippen LogP contribution >= 0.6 is 0 Å². The largest absolute Gasteiger partial charge is 0.309 e. The van der Waals surface area contributed by atoms with Crippen molar-refractivity contribution >= 4 is 10.9 Å². The van der Waals surface area contributed by atoms with Crippen molar-refractivity contribution in [1.29, 1.82) is 0 Å². The van der Waals surface area contributed by atoms with Gasteiger partial charge in [-0.05, 0) is 36.7 Å². The fourth-order valence-electron chi connectivity index (χ4n) is 2.75. The van der Waals surface area contributed by atoms with Crippen LogP contribution in [-0.4, -0.2) is 12.0 Å². The Morgan fingerprint density at radius 1 is 0.900 bits per heavy atom. The monoisotopic (exact) mass is 262 g/mol. The predicted molar refractivity (Wildman–Crippen MR) is 83.8 cm³/mol. The quantitative estimate of drug-likeness (QED) is 0.775. The lowest BCUT2D eigenvalue weighted by Gasteiger charge is -2.20. The van der Waals surface area contributed by atoms with Crippen LogP contribution in [0.2, 0.25) is 0 Å². The van der Waals surface area contributed by atoms with E-state index in [9.17, 15) is 0 Å². The summed E-state index contributed by atoms with van der Waals surface area (Å²) >= 11 is 0. The average Bonchev–Trinajstić information content (AvgIpc) is 2.50. The number of hydrogen-bond donors (Lipinski definition) is 1. The van der Waals surface area contributed by atoms with E-state index < -0.39 is 0 Å². The standard InChI is InChI=1S/C18H18N2/c1-13-7-3-4-10-15(13)18(19-2)16-11-5-8-14-9-6-12-20-17(14)16/h3-12,18-19H,1-2H3. The molecule has 1 unspecified atom stereocenters. The Morgan fingerprint density at radius 2 is 1.65 bits per heavy atom. The molecule has 0 saturated heterocycles. The first-order valence-electron chi connectivity index (χ1n) is 6.87. The number of aryl methyl sites for hydroxylation is 1. The van der Waals surface area contributed by atoms with Gasteiger partial charge in [0.25, 0.3) is 0 Å². The molecule has 100 valence electrons. The molecule has 0 radical (unpaired) electrons. The zero-order valence-corrected chi connectivity index (χ0v) is 11.8. The third-order valence-corrected chi connectivity index (χ3v) is 3.76. The molecule has 1 N–H and O–H groups in total. The normalized spacial score (nSPS) is 12.5. The molecule has 1 atom stereocenters. The molecule has 1 aromatic heterocycles. The maximum Gasteiger partial charge on any atom is 0.0753 e. The Morgan fingerprint density at radius 3 is 2.45 bits per heavy atom. The number of para-hydroxylation sites is 1. The van der Waals surface area contributed by atoms with Gasteiger partial charge in [0.05, 0.1) is 11.6 Å². The molecule has 0 amide bonds. The first-order chi connectivity index (χ1) is 9.81. The van der Waals surface area contributed by atoms with Crippen LogP contribution in [0.1, 0.15) is 22.7 Å². The molecule has 1 heterocycles. The highest BCUT2D eigenvalue weighted by Gasteiger charge is 2.16. The van der Waals surface area contributed by atoms with Crippen molar-refractivity contribution in [3.8, 4) is 0 Å². The molecule has 3 rings (SSSR count). The number of aromatic nitrogens is 1. The first kappa shape index (κ1) is 12.8. The van der Waals surface area contributed by atoms with Crippen LogP contribution in [0.3, 0.4) is 0 Å². The molecule has 0 spiro atoms. The van der Waals surface area contributed by atoms with Gasteiger partial charge in [-0.1, -0.05) is 48.5 Å². The van der Waals surface area contributed by atoms with Crippen molar-refractivity contribution < 1.29 is 0 Å². The lowest BCUT2D eigenvalue weighted by molar-refractivity contribution is 0.691. The van der Waals surface area contributed by atoms with E-state index in [0.717, 1.165) is 5.52 Å². The van der Waals surface area contributed by atoms with Gasteiger partial charge in [-0.15, -0.1) is 0 Å². The van der Waals surface area contributed by atoms with Gasteiger partial charge in [0.2, 0.25) is 0 Å². The van der Waals surface area contributed by atoms with Gasteiger partial charge in [0.1, 0.15) is 0 Å². The van der Waals surface area contributed by atoms with Crippen LogP contribution < -0.4 is 5.32 Å². The number of nitrogens with zero attached hydrogens (tertiary/aromatic N) is 1. The number of nitrogens with one attached hydrogen (secondary N) is 1. The van der Waals surface area contributed by atoms with Crippen LogP contribution in [0, 0.1) is 6.92 Å². The maximum absolute atomic E-state index is 4.57. The summed E-state index contributed by atoms with van der Waals surface area (Å²) in [6, 6.07) is 19.1. The average molecular weight is 262 g/mol. The molecular formula is C18H18N2. The topological polar surface area (TPSA) is 24.9 Å². The second kappa shape index (κ2) is 5.43. The van der Waals surface area contributed by atoms with Crippen LogP contribution in [0.5, 0.6) is 0 Å². The molecule has 0 fully saturated rings. The predicted octanol–water partition coefficient (Wildman–Crippen LogP) is 3.85. The van der Waals surface area contributed by atoms with Crippen LogP contribution in [-0.2, 0) is 0 Å². The van der Waals surface area contributed by atoms with E-state index in [0.29, 0.717) is 0 Å². The third-order valence-electron chi connectivity index (χ3n) is 3.76. The van der Waals surface area contributed by atoms with Crippen molar-refractivity contribution in [3.05, 3.63) is 77.5 Å². The summed E-state index contributed by atoms with van der Waals surface area (Å²) < 4.78 is 0. The molecule has 0 aliphatic carbocycles. The molecule has 0 saturated carbocycles. The van der Waals surface area contributed by atoms with E-state index in [4.69, 9.17) is 0 Å². The highest BCUT2D eigenvalue weighted by Crippen LogP contribution is 2.29. The molecule has 0 bridgehead atoms. The summed E-state index contributed by atoms with van der Waals surface area (Å²) in [4.78, 5) is 4.57. The summed E-state index contributed by atoms with van der Waals surface area (Å²) in [5.74, 6) is 0. The van der Waals surface area contributed by atoms with Crippen molar-refractivity contribution in [2.75, 3.05) is 7.05 Å². The van der Waals surface area contributed by atoms with Crippen molar-refractivity contribution in [1.82, 2.24) is 10.3 Å². The molecular weight excluding hydrogens is 244 g/mol. The highest BCUT2D eigenvalue weighted by atomic mass is 14.9. The SMILES string of the molecule is CNC(c1ccccc1C)c1cccc2cccnc12. The van der Waals surface area contributed by atoms with Crippen molar-refractivity contribution in [2.24, 2.45) is 0 Å². The van der Waals surface area contributed by atoms with Crippen molar-refractivity contribution in [3.63, 3.8) is 0 Å². The van der Waals surface area contributed by atoms with E-state index in [-0.39, 0.29) is 6.04 Å². The van der Waals surface area contributed by atoms with Gasteiger partial charge < -0.3 is 5.32 Å². The zero-order chi connectivity index (χ0) is 13.9. The van der Waals surface area contributed by atoms with Crippen molar-refractivity contribution in [2.45, 2.75) is 13.0 Å². The zero-order valence-electron chi connectivity index (χ0n) is 11.8. The molecule has 2 aromatic carbocycles. The van der Waals surface area contributed by atoms with E-state index in [1.807, 2.05) is 19.3 Å². The Labute approximate surface area is 119 Å². The van der Waals surface area contributed by atoms with E-state index in [1.54, 1.807) is 0 Å². The minimum absolute atomic E-state index is 0.162. The first-order valence-corrected chi connectivity index (χ1v) is 6.87. The summed E-state index contributed by atoms with van der Waals surface area (Å²) in [7, 11) is 2.00. The maximum atomic E-state index is 4.57. The molecule has 0 aliphatic rings. The lowest BCUT2D eigenvalue weighted by Crippen LogP contribution is -2.19. The molecule has 2 heteroatoms. The minimum Gasteiger partial charge on any atom is -0.309 e. The number of pyridine rings is 1. The highest BCUT2D eigenvalue weighted by molar-refractivity contribution is 5.82. The van der Waals surface area contributed by atoms with Gasteiger partial charge in [-0.3, -0.25) is 4.98 Å². The summed E-state index contributed by atoms with van der Waals surface area (Å²) in [6.07, 6.45) is 1.86. The number of hydrogen-bond acceptors (Lipinski definition) is 2. The lowest BCUT2D eigenvalue weighted by atomic mass is 9.93. The van der Waals surface area contributed by atoms with Gasteiger partial charge in [-0.2, -0.15) is 0 Å². The van der Waals surface area contributed by atoms with Gasteiger partial charge in [-0.25, -0.2) is 0 Å². The fraction of sp³-hybridized carbons (Fsp3) is 0.167. The molecule has 3 aromatic rings. The smallest absolute Gasteiger partial charge is 0.0753 e. The second-order valence-electron chi connectivity index (χ2n) is 5.00. The van der Waals surface area contributed by atoms with Crippen LogP contribution in [0.4, 0.5) is 0 Å². The molecule has 20 heavy (non-hydrogen) atoms. The molecule has 0 aliphatic heterocycles. The van der Waals surface area contributed by atoms with Crippen LogP contribution in [0.25, 0.3) is 10.9 Å². The van der Waals surface area contributed by atoms with Gasteiger partial charge in [0, 0.05) is 11.6 Å². The number of rotatable bonds is 3. The summed E-state index contributed by atoms with van der Waals surface area (Å²) in [5, 5.41) is 4.61. The fourth-order valence-corrected chi connectivity index (χ4v) is 2.75. The minimum atomic E-state index is 0.162. The van der Waals surface area contributed by atoms with Gasteiger partial charge in [0.15, 0.2) is 0 Å². The Balaban J connectivity index is 2.20. The second-order valence-corrected chi connectivity index (χ2v) is 5.00. The van der Waals surface area contributed by atoms with E-state index in [2.05, 4.69) is 65.8 Å². The summed E-state index contributed by atoms with van der Waals surface area (Å²) in [6.45, 7) is 2.15. The van der Waals surface area contributed by atoms with Gasteiger partial charge >= 0.3 is 0 Å². The number of fused-ring (bicyclic) bond motifs is 1.